The number of nitro groups is 1. The molecule has 0 spiro atoms. The first-order valence-electron chi connectivity index (χ1n) is 8.19. The molecule has 1 aliphatic rings. The van der Waals surface area contributed by atoms with E-state index in [1.54, 1.807) is 24.3 Å². The highest BCUT2D eigenvalue weighted by Crippen LogP contribution is 2.21. The third kappa shape index (κ3) is 4.47. The molecular weight excluding hydrogens is 428 g/mol. The Bertz CT molecular complexity index is 1010. The van der Waals surface area contributed by atoms with Gasteiger partial charge in [0, 0.05) is 27.7 Å². The van der Waals surface area contributed by atoms with E-state index in [0.29, 0.717) is 16.8 Å². The molecule has 8 nitrogen and oxygen atoms in total. The fraction of sp³-hybridized carbons (Fsp3) is 0.158. The van der Waals surface area contributed by atoms with Crippen LogP contribution in [0.25, 0.3) is 0 Å². The summed E-state index contributed by atoms with van der Waals surface area (Å²) in [6.45, 7) is 0. The van der Waals surface area contributed by atoms with Crippen molar-refractivity contribution in [1.29, 1.82) is 5.26 Å². The quantitative estimate of drug-likeness (QED) is 0.381. The molecule has 28 heavy (non-hydrogen) atoms. The Morgan fingerprint density at radius 1 is 1.18 bits per heavy atom. The average Bonchev–Trinajstić information content (AvgIpc) is 2.69. The number of nitriles is 1. The normalized spacial score (nSPS) is 15.6. The van der Waals surface area contributed by atoms with Gasteiger partial charge >= 0.3 is 0 Å². The Hall–Kier alpha value is -3.38. The fourth-order valence-corrected chi connectivity index (χ4v) is 2.88. The van der Waals surface area contributed by atoms with E-state index < -0.39 is 11.0 Å². The van der Waals surface area contributed by atoms with Gasteiger partial charge in [0.25, 0.3) is 5.69 Å². The summed E-state index contributed by atoms with van der Waals surface area (Å²) in [7, 11) is 0. The van der Waals surface area contributed by atoms with Crippen LogP contribution in [-0.2, 0) is 4.74 Å². The Kier molecular flexibility index (Phi) is 5.91. The van der Waals surface area contributed by atoms with E-state index in [1.807, 2.05) is 6.07 Å². The van der Waals surface area contributed by atoms with Crippen LogP contribution in [0.2, 0.25) is 0 Å². The molecule has 0 fully saturated rings. The summed E-state index contributed by atoms with van der Waals surface area (Å²) in [5.41, 5.74) is 1.39. The fourth-order valence-electron chi connectivity index (χ4n) is 2.62. The van der Waals surface area contributed by atoms with E-state index in [9.17, 15) is 14.9 Å². The minimum atomic E-state index is -0.751. The first-order chi connectivity index (χ1) is 13.5. The van der Waals surface area contributed by atoms with Crippen molar-refractivity contribution in [3.8, 4) is 6.07 Å². The van der Waals surface area contributed by atoms with Gasteiger partial charge < -0.3 is 4.74 Å². The first kappa shape index (κ1) is 19.4. The number of non-ortho nitro benzene ring substituents is 1. The molecule has 0 amide bonds. The zero-order valence-corrected chi connectivity index (χ0v) is 16.0. The van der Waals surface area contributed by atoms with Crippen molar-refractivity contribution < 1.29 is 14.5 Å². The monoisotopic (exact) mass is 440 g/mol. The average molecular weight is 441 g/mol. The van der Waals surface area contributed by atoms with Crippen LogP contribution in [0.1, 0.15) is 28.8 Å². The lowest BCUT2D eigenvalue weighted by atomic mass is 9.97. The van der Waals surface area contributed by atoms with Gasteiger partial charge in [0.15, 0.2) is 11.9 Å². The molecule has 0 aliphatic carbocycles. The predicted molar refractivity (Wildman–Crippen MR) is 105 cm³/mol. The number of benzene rings is 2. The van der Waals surface area contributed by atoms with Crippen LogP contribution in [-0.4, -0.2) is 28.4 Å². The highest BCUT2D eigenvalue weighted by molar-refractivity contribution is 9.10. The van der Waals surface area contributed by atoms with Gasteiger partial charge in [0.05, 0.1) is 17.4 Å². The van der Waals surface area contributed by atoms with Gasteiger partial charge in [-0.1, -0.05) is 28.1 Å². The van der Waals surface area contributed by atoms with Crippen molar-refractivity contribution in [2.75, 3.05) is 0 Å². The summed E-state index contributed by atoms with van der Waals surface area (Å²) in [4.78, 5) is 23.0. The molecule has 1 unspecified atom stereocenters. The Morgan fingerprint density at radius 2 is 1.86 bits per heavy atom. The van der Waals surface area contributed by atoms with Crippen LogP contribution in [0.4, 0.5) is 5.69 Å². The number of nitrogens with zero attached hydrogens (tertiary/aromatic N) is 4. The minimum absolute atomic E-state index is 0.0120. The van der Waals surface area contributed by atoms with Crippen LogP contribution in [0, 0.1) is 21.4 Å². The van der Waals surface area contributed by atoms with Gasteiger partial charge in [-0.15, -0.1) is 10.2 Å². The lowest BCUT2D eigenvalue weighted by Gasteiger charge is -2.23. The highest BCUT2D eigenvalue weighted by atomic mass is 79.9. The van der Waals surface area contributed by atoms with Gasteiger partial charge in [0.1, 0.15) is 12.1 Å². The molecule has 0 N–H and O–H groups in total. The largest absolute Gasteiger partial charge is 0.468 e. The summed E-state index contributed by atoms with van der Waals surface area (Å²) in [6, 6.07) is 14.6. The van der Waals surface area contributed by atoms with Crippen molar-refractivity contribution >= 4 is 39.0 Å². The van der Waals surface area contributed by atoms with Crippen LogP contribution in [0.15, 0.2) is 63.2 Å². The molecule has 3 rings (SSSR count). The van der Waals surface area contributed by atoms with E-state index in [1.165, 1.54) is 24.3 Å². The SMILES string of the molecule is N#CCC1=NN=C(c2ccc([N+](=O)[O-])cc2)C(CC(=O)c2ccc(Br)cc2)O1. The summed E-state index contributed by atoms with van der Waals surface area (Å²) < 4.78 is 6.58. The van der Waals surface area contributed by atoms with Gasteiger partial charge in [-0.05, 0) is 24.3 Å². The number of Topliss-reactive ketones (excluding diaryl/α,β-unsaturated/α-hetero) is 1. The van der Waals surface area contributed by atoms with Crippen molar-refractivity contribution in [2.45, 2.75) is 18.9 Å². The second-order valence-electron chi connectivity index (χ2n) is 5.86. The van der Waals surface area contributed by atoms with Gasteiger partial charge in [0.2, 0.25) is 5.90 Å². The molecule has 0 saturated carbocycles. The molecule has 9 heteroatoms. The van der Waals surface area contributed by atoms with Crippen molar-refractivity contribution in [1.82, 2.24) is 0 Å². The molecule has 2 aromatic rings. The Labute approximate surface area is 168 Å². The number of nitro benzene ring substituents is 1. The van der Waals surface area contributed by atoms with Gasteiger partial charge in [-0.2, -0.15) is 5.26 Å². The number of ketones is 1. The highest BCUT2D eigenvalue weighted by Gasteiger charge is 2.28. The third-order valence-corrected chi connectivity index (χ3v) is 4.52. The van der Waals surface area contributed by atoms with E-state index in [4.69, 9.17) is 10.00 Å². The maximum absolute atomic E-state index is 12.7. The number of hydrogen-bond donors (Lipinski definition) is 0. The number of carbonyl (C=O) groups excluding carboxylic acids is 1. The molecule has 2 aromatic carbocycles. The van der Waals surface area contributed by atoms with Crippen LogP contribution in [0.3, 0.4) is 0 Å². The topological polar surface area (TPSA) is 118 Å². The zero-order valence-electron chi connectivity index (χ0n) is 14.4. The third-order valence-electron chi connectivity index (χ3n) is 3.99. The van der Waals surface area contributed by atoms with Gasteiger partial charge in [-0.25, -0.2) is 0 Å². The van der Waals surface area contributed by atoms with Crippen molar-refractivity contribution in [3.63, 3.8) is 0 Å². The number of hydrogen-bond acceptors (Lipinski definition) is 7. The number of carbonyl (C=O) groups is 1. The minimum Gasteiger partial charge on any atom is -0.468 e. The molecule has 0 radical (unpaired) electrons. The smallest absolute Gasteiger partial charge is 0.269 e. The van der Waals surface area contributed by atoms with Crippen LogP contribution < -0.4 is 0 Å². The predicted octanol–water partition coefficient (Wildman–Crippen LogP) is 4.05. The molecule has 140 valence electrons. The Morgan fingerprint density at radius 3 is 2.46 bits per heavy atom. The molecular formula is C19H13BrN4O4. The molecule has 1 aliphatic heterocycles. The van der Waals surface area contributed by atoms with E-state index in [2.05, 4.69) is 26.1 Å². The lowest BCUT2D eigenvalue weighted by Crippen LogP contribution is -2.33. The van der Waals surface area contributed by atoms with Crippen LogP contribution >= 0.6 is 15.9 Å². The van der Waals surface area contributed by atoms with Crippen molar-refractivity contribution in [2.24, 2.45) is 10.2 Å². The lowest BCUT2D eigenvalue weighted by molar-refractivity contribution is -0.384. The molecule has 1 heterocycles. The summed E-state index contributed by atoms with van der Waals surface area (Å²) in [6.07, 6.45) is -0.833. The van der Waals surface area contributed by atoms with E-state index >= 15 is 0 Å². The molecule has 0 bridgehead atoms. The van der Waals surface area contributed by atoms with Gasteiger partial charge in [-0.3, -0.25) is 14.9 Å². The second kappa shape index (κ2) is 8.54. The molecule has 0 aromatic heterocycles. The first-order valence-corrected chi connectivity index (χ1v) is 8.99. The summed E-state index contributed by atoms with van der Waals surface area (Å²) in [5.74, 6) is -0.0351. The number of rotatable bonds is 6. The van der Waals surface area contributed by atoms with E-state index in [-0.39, 0.29) is 30.2 Å². The van der Waals surface area contributed by atoms with Crippen molar-refractivity contribution in [3.05, 3.63) is 74.2 Å². The summed E-state index contributed by atoms with van der Waals surface area (Å²) >= 11 is 3.32. The Balaban J connectivity index is 1.88. The number of halogens is 1. The maximum atomic E-state index is 12.7. The van der Waals surface area contributed by atoms with Crippen LogP contribution in [0.5, 0.6) is 0 Å². The number of ether oxygens (including phenoxy) is 1. The maximum Gasteiger partial charge on any atom is 0.269 e. The standard InChI is InChI=1S/C19H13BrN4O4/c20-14-5-1-12(2-6-14)16(25)11-17-19(23-22-18(28-17)9-10-21)13-3-7-15(8-4-13)24(26)27/h1-8,17H,9,11H2. The molecule has 1 atom stereocenters. The summed E-state index contributed by atoms with van der Waals surface area (Å²) in [5, 5.41) is 27.7. The second-order valence-corrected chi connectivity index (χ2v) is 6.77. The molecule has 0 saturated heterocycles. The van der Waals surface area contributed by atoms with E-state index in [0.717, 1.165) is 4.47 Å². The zero-order chi connectivity index (χ0) is 20.1.